The summed E-state index contributed by atoms with van der Waals surface area (Å²) in [6.07, 6.45) is 9.21. The van der Waals surface area contributed by atoms with Crippen LogP contribution >= 0.6 is 0 Å². The monoisotopic (exact) mass is 267 g/mol. The molecule has 3 aliphatic rings. The molecule has 4 nitrogen and oxygen atoms in total. The van der Waals surface area contributed by atoms with Crippen molar-refractivity contribution >= 4 is 5.91 Å². The molecule has 4 heteroatoms. The zero-order valence-electron chi connectivity index (χ0n) is 11.6. The van der Waals surface area contributed by atoms with Crippen LogP contribution in [0.3, 0.4) is 0 Å². The molecule has 0 radical (unpaired) electrons. The SMILES string of the molecule is O=C(CC1CCCC1)NC1CCC2OCCOC2C1. The largest absolute Gasteiger partial charge is 0.373 e. The minimum Gasteiger partial charge on any atom is -0.373 e. The van der Waals surface area contributed by atoms with Gasteiger partial charge >= 0.3 is 0 Å². The van der Waals surface area contributed by atoms with E-state index in [0.29, 0.717) is 12.5 Å². The van der Waals surface area contributed by atoms with Gasteiger partial charge in [-0.3, -0.25) is 4.79 Å². The van der Waals surface area contributed by atoms with Gasteiger partial charge in [-0.15, -0.1) is 0 Å². The number of hydrogen-bond acceptors (Lipinski definition) is 3. The van der Waals surface area contributed by atoms with Gasteiger partial charge in [0.15, 0.2) is 0 Å². The normalized spacial score (nSPS) is 35.9. The first-order chi connectivity index (χ1) is 9.31. The highest BCUT2D eigenvalue weighted by atomic mass is 16.6. The van der Waals surface area contributed by atoms with Gasteiger partial charge in [0.2, 0.25) is 5.91 Å². The van der Waals surface area contributed by atoms with Crippen LogP contribution in [0.4, 0.5) is 0 Å². The van der Waals surface area contributed by atoms with Crippen LogP contribution in [0.25, 0.3) is 0 Å². The molecule has 0 aromatic heterocycles. The first kappa shape index (κ1) is 13.4. The Morgan fingerprint density at radius 1 is 1.00 bits per heavy atom. The number of rotatable bonds is 3. The first-order valence-electron chi connectivity index (χ1n) is 7.84. The van der Waals surface area contributed by atoms with Crippen LogP contribution in [0.15, 0.2) is 0 Å². The topological polar surface area (TPSA) is 47.6 Å². The van der Waals surface area contributed by atoms with Gasteiger partial charge < -0.3 is 14.8 Å². The zero-order chi connectivity index (χ0) is 13.1. The van der Waals surface area contributed by atoms with Crippen molar-refractivity contribution < 1.29 is 14.3 Å². The molecule has 3 unspecified atom stereocenters. The Morgan fingerprint density at radius 2 is 1.74 bits per heavy atom. The van der Waals surface area contributed by atoms with Gasteiger partial charge in [-0.2, -0.15) is 0 Å². The van der Waals surface area contributed by atoms with E-state index in [1.807, 2.05) is 0 Å². The van der Waals surface area contributed by atoms with Gasteiger partial charge in [-0.25, -0.2) is 0 Å². The summed E-state index contributed by atoms with van der Waals surface area (Å²) >= 11 is 0. The summed E-state index contributed by atoms with van der Waals surface area (Å²) in [7, 11) is 0. The van der Waals surface area contributed by atoms with Gasteiger partial charge in [0.05, 0.1) is 25.4 Å². The van der Waals surface area contributed by atoms with E-state index in [9.17, 15) is 4.79 Å². The van der Waals surface area contributed by atoms with Crippen molar-refractivity contribution in [2.45, 2.75) is 69.6 Å². The minimum absolute atomic E-state index is 0.194. The van der Waals surface area contributed by atoms with Crippen molar-refractivity contribution in [3.05, 3.63) is 0 Å². The molecule has 1 aliphatic heterocycles. The maximum atomic E-state index is 12.0. The number of fused-ring (bicyclic) bond motifs is 1. The lowest BCUT2D eigenvalue weighted by atomic mass is 9.89. The van der Waals surface area contributed by atoms with Crippen molar-refractivity contribution in [3.63, 3.8) is 0 Å². The highest BCUT2D eigenvalue weighted by molar-refractivity contribution is 5.76. The van der Waals surface area contributed by atoms with Crippen LogP contribution in [0, 0.1) is 5.92 Å². The van der Waals surface area contributed by atoms with E-state index < -0.39 is 0 Å². The maximum absolute atomic E-state index is 12.0. The molecule has 108 valence electrons. The summed E-state index contributed by atoms with van der Waals surface area (Å²) in [5.74, 6) is 0.873. The van der Waals surface area contributed by atoms with Crippen LogP contribution in [0.5, 0.6) is 0 Å². The van der Waals surface area contributed by atoms with Gasteiger partial charge in [0.1, 0.15) is 0 Å². The van der Waals surface area contributed by atoms with E-state index in [-0.39, 0.29) is 24.2 Å². The molecule has 1 amide bonds. The lowest BCUT2D eigenvalue weighted by Crippen LogP contribution is -2.49. The molecule has 2 aliphatic carbocycles. The van der Waals surface area contributed by atoms with Gasteiger partial charge in [-0.05, 0) is 38.0 Å². The van der Waals surface area contributed by atoms with Crippen LogP contribution in [-0.4, -0.2) is 37.4 Å². The summed E-state index contributed by atoms with van der Waals surface area (Å²) in [6.45, 7) is 1.42. The van der Waals surface area contributed by atoms with Crippen molar-refractivity contribution in [3.8, 4) is 0 Å². The summed E-state index contributed by atoms with van der Waals surface area (Å²) in [4.78, 5) is 12.0. The van der Waals surface area contributed by atoms with Crippen LogP contribution in [0.2, 0.25) is 0 Å². The Kier molecular flexibility index (Phi) is 4.38. The van der Waals surface area contributed by atoms with Crippen molar-refractivity contribution in [1.82, 2.24) is 5.32 Å². The van der Waals surface area contributed by atoms with Gasteiger partial charge in [-0.1, -0.05) is 12.8 Å². The third-order valence-electron chi connectivity index (χ3n) is 4.79. The number of hydrogen-bond donors (Lipinski definition) is 1. The number of carbonyl (C=O) groups excluding carboxylic acids is 1. The van der Waals surface area contributed by atoms with Crippen LogP contribution in [-0.2, 0) is 14.3 Å². The van der Waals surface area contributed by atoms with E-state index in [4.69, 9.17) is 9.47 Å². The average Bonchev–Trinajstić information content (AvgIpc) is 2.91. The molecular formula is C15H25NO3. The minimum atomic E-state index is 0.194. The molecule has 0 spiro atoms. The maximum Gasteiger partial charge on any atom is 0.220 e. The quantitative estimate of drug-likeness (QED) is 0.851. The van der Waals surface area contributed by atoms with E-state index in [2.05, 4.69) is 5.32 Å². The molecule has 3 atom stereocenters. The Labute approximate surface area is 115 Å². The molecule has 0 aromatic carbocycles. The van der Waals surface area contributed by atoms with Crippen molar-refractivity contribution in [2.24, 2.45) is 5.92 Å². The van der Waals surface area contributed by atoms with Crippen molar-refractivity contribution in [1.29, 1.82) is 0 Å². The molecule has 1 N–H and O–H groups in total. The predicted molar refractivity (Wildman–Crippen MR) is 71.8 cm³/mol. The van der Waals surface area contributed by atoms with E-state index in [1.165, 1.54) is 25.7 Å². The molecule has 1 saturated heterocycles. The highest BCUT2D eigenvalue weighted by Crippen LogP contribution is 2.29. The molecule has 3 fully saturated rings. The van der Waals surface area contributed by atoms with Gasteiger partial charge in [0, 0.05) is 12.5 Å². The second-order valence-corrected chi connectivity index (χ2v) is 6.25. The summed E-state index contributed by atoms with van der Waals surface area (Å²) in [6, 6.07) is 0.289. The Bertz CT molecular complexity index is 315. The van der Waals surface area contributed by atoms with Gasteiger partial charge in [0.25, 0.3) is 0 Å². The summed E-state index contributed by atoms with van der Waals surface area (Å²) in [5, 5.41) is 3.20. The fourth-order valence-electron chi connectivity index (χ4n) is 3.76. The summed E-state index contributed by atoms with van der Waals surface area (Å²) in [5.41, 5.74) is 0. The third-order valence-corrected chi connectivity index (χ3v) is 4.79. The fraction of sp³-hybridized carbons (Fsp3) is 0.933. The number of amides is 1. The highest BCUT2D eigenvalue weighted by Gasteiger charge is 2.34. The fourth-order valence-corrected chi connectivity index (χ4v) is 3.76. The molecule has 19 heavy (non-hydrogen) atoms. The first-order valence-corrected chi connectivity index (χ1v) is 7.84. The lowest BCUT2D eigenvalue weighted by Gasteiger charge is -2.39. The van der Waals surface area contributed by atoms with E-state index in [1.54, 1.807) is 0 Å². The number of ether oxygens (including phenoxy) is 2. The molecule has 3 rings (SSSR count). The Hall–Kier alpha value is -0.610. The van der Waals surface area contributed by atoms with E-state index >= 15 is 0 Å². The summed E-state index contributed by atoms with van der Waals surface area (Å²) < 4.78 is 11.5. The predicted octanol–water partition coefficient (Wildman–Crippen LogP) is 2.02. The smallest absolute Gasteiger partial charge is 0.220 e. The lowest BCUT2D eigenvalue weighted by molar-refractivity contribution is -0.158. The Morgan fingerprint density at radius 3 is 2.53 bits per heavy atom. The average molecular weight is 267 g/mol. The third kappa shape index (κ3) is 3.48. The molecule has 0 aromatic rings. The van der Waals surface area contributed by atoms with Crippen molar-refractivity contribution in [2.75, 3.05) is 13.2 Å². The van der Waals surface area contributed by atoms with Crippen LogP contribution in [0.1, 0.15) is 51.4 Å². The number of carbonyl (C=O) groups is 1. The number of nitrogens with one attached hydrogen (secondary N) is 1. The molecule has 0 bridgehead atoms. The van der Waals surface area contributed by atoms with Crippen LogP contribution < -0.4 is 5.32 Å². The van der Waals surface area contributed by atoms with E-state index in [0.717, 1.165) is 32.3 Å². The second-order valence-electron chi connectivity index (χ2n) is 6.25. The molecule has 2 saturated carbocycles. The molecular weight excluding hydrogens is 242 g/mol. The standard InChI is InChI=1S/C15H25NO3/c17-15(9-11-3-1-2-4-11)16-12-5-6-13-14(10-12)19-8-7-18-13/h11-14H,1-10H2,(H,16,17). The Balaban J connectivity index is 1.43. The molecule has 1 heterocycles. The zero-order valence-corrected chi connectivity index (χ0v) is 11.6. The second kappa shape index (κ2) is 6.23.